The van der Waals surface area contributed by atoms with E-state index in [-0.39, 0.29) is 23.9 Å². The minimum Gasteiger partial charge on any atom is -0.353 e. The molecule has 1 aromatic heterocycles. The molecule has 3 rings (SSSR count). The fraction of sp³-hybridized carbons (Fsp3) is 0.421. The summed E-state index contributed by atoms with van der Waals surface area (Å²) in [6, 6.07) is 9.83. The summed E-state index contributed by atoms with van der Waals surface area (Å²) in [7, 11) is 0. The van der Waals surface area contributed by atoms with Crippen LogP contribution in [0.15, 0.2) is 36.5 Å². The first-order valence-electron chi connectivity index (χ1n) is 8.51. The summed E-state index contributed by atoms with van der Waals surface area (Å²) in [6.45, 7) is 3.99. The molecule has 1 fully saturated rings. The lowest BCUT2D eigenvalue weighted by atomic mass is 10.0. The van der Waals surface area contributed by atoms with Gasteiger partial charge in [-0.3, -0.25) is 14.6 Å². The van der Waals surface area contributed by atoms with Gasteiger partial charge in [0.25, 0.3) is 0 Å². The van der Waals surface area contributed by atoms with Gasteiger partial charge < -0.3 is 10.2 Å². The number of aromatic nitrogens is 1. The minimum atomic E-state index is -0.0617. The molecule has 1 saturated heterocycles. The van der Waals surface area contributed by atoms with Gasteiger partial charge in [0.2, 0.25) is 11.8 Å². The van der Waals surface area contributed by atoms with Crippen molar-refractivity contribution < 1.29 is 9.59 Å². The number of nitrogens with one attached hydrogen (secondary N) is 1. The highest BCUT2D eigenvalue weighted by atomic mass is 16.2. The van der Waals surface area contributed by atoms with E-state index in [0.717, 1.165) is 29.4 Å². The van der Waals surface area contributed by atoms with Gasteiger partial charge in [-0.15, -0.1) is 0 Å². The van der Waals surface area contributed by atoms with Gasteiger partial charge in [0.05, 0.1) is 17.4 Å². The molecule has 5 nitrogen and oxygen atoms in total. The van der Waals surface area contributed by atoms with E-state index in [4.69, 9.17) is 0 Å². The zero-order valence-electron chi connectivity index (χ0n) is 14.2. The molecule has 1 aliphatic heterocycles. The van der Waals surface area contributed by atoms with Crippen LogP contribution in [0.25, 0.3) is 10.9 Å². The average Bonchev–Trinajstić information content (AvgIpc) is 2.54. The second-order valence-corrected chi connectivity index (χ2v) is 6.60. The van der Waals surface area contributed by atoms with Crippen LogP contribution >= 0.6 is 0 Å². The molecule has 0 spiro atoms. The minimum absolute atomic E-state index is 0.0225. The molecule has 0 bridgehead atoms. The Bertz CT molecular complexity index is 757. The quantitative estimate of drug-likeness (QED) is 0.940. The van der Waals surface area contributed by atoms with Gasteiger partial charge in [-0.05, 0) is 38.8 Å². The molecule has 1 N–H and O–H groups in total. The highest BCUT2D eigenvalue weighted by Gasteiger charge is 2.26. The third-order valence-electron chi connectivity index (χ3n) is 4.38. The maximum absolute atomic E-state index is 12.8. The molecule has 1 atom stereocenters. The van der Waals surface area contributed by atoms with Crippen LogP contribution in [0.5, 0.6) is 0 Å². The van der Waals surface area contributed by atoms with E-state index in [0.29, 0.717) is 12.8 Å². The lowest BCUT2D eigenvalue weighted by molar-refractivity contribution is -0.124. The van der Waals surface area contributed by atoms with Crippen molar-refractivity contribution in [3.8, 4) is 0 Å². The topological polar surface area (TPSA) is 62.3 Å². The van der Waals surface area contributed by atoms with Crippen molar-refractivity contribution >= 4 is 28.4 Å². The molecule has 1 unspecified atom stereocenters. The molecule has 0 aliphatic carbocycles. The number of para-hydroxylation sites is 1. The number of hydrogen-bond acceptors (Lipinski definition) is 3. The summed E-state index contributed by atoms with van der Waals surface area (Å²) in [5, 5.41) is 3.93. The van der Waals surface area contributed by atoms with Crippen LogP contribution in [-0.4, -0.2) is 28.9 Å². The Morgan fingerprint density at radius 3 is 2.92 bits per heavy atom. The summed E-state index contributed by atoms with van der Waals surface area (Å²) >= 11 is 0. The molecule has 0 saturated carbocycles. The van der Waals surface area contributed by atoms with Crippen molar-refractivity contribution in [2.45, 2.75) is 51.6 Å². The highest BCUT2D eigenvalue weighted by molar-refractivity contribution is 5.96. The monoisotopic (exact) mass is 325 g/mol. The van der Waals surface area contributed by atoms with E-state index < -0.39 is 0 Å². The van der Waals surface area contributed by atoms with Crippen molar-refractivity contribution in [2.24, 2.45) is 0 Å². The van der Waals surface area contributed by atoms with Crippen molar-refractivity contribution in [1.29, 1.82) is 0 Å². The molecule has 24 heavy (non-hydrogen) atoms. The second-order valence-electron chi connectivity index (χ2n) is 6.60. The van der Waals surface area contributed by atoms with E-state index in [1.54, 1.807) is 11.1 Å². The van der Waals surface area contributed by atoms with Crippen LogP contribution in [0.3, 0.4) is 0 Å². The SMILES string of the molecule is CC(C)N(C(=O)CC1CCCC(=O)N1)c1cnc2ccccc2c1. The van der Waals surface area contributed by atoms with Crippen LogP contribution in [0, 0.1) is 0 Å². The van der Waals surface area contributed by atoms with Crippen LogP contribution in [0.1, 0.15) is 39.5 Å². The molecule has 2 amide bonds. The smallest absolute Gasteiger partial charge is 0.229 e. The van der Waals surface area contributed by atoms with Crippen molar-refractivity contribution in [3.63, 3.8) is 0 Å². The van der Waals surface area contributed by atoms with Gasteiger partial charge in [0.1, 0.15) is 0 Å². The first-order valence-corrected chi connectivity index (χ1v) is 8.51. The number of carbonyl (C=O) groups excluding carboxylic acids is 2. The first kappa shape index (κ1) is 16.4. The van der Waals surface area contributed by atoms with E-state index in [1.807, 2.05) is 44.2 Å². The Morgan fingerprint density at radius 1 is 1.38 bits per heavy atom. The maximum atomic E-state index is 12.8. The summed E-state index contributed by atoms with van der Waals surface area (Å²) in [5.41, 5.74) is 1.72. The average molecular weight is 325 g/mol. The standard InChI is InChI=1S/C19H23N3O2/c1-13(2)22(19(24)11-15-7-5-9-18(23)21-15)16-10-14-6-3-4-8-17(14)20-12-16/h3-4,6,8,10,12-13,15H,5,7,9,11H2,1-2H3,(H,21,23). The molecule has 1 aromatic carbocycles. The number of fused-ring (bicyclic) bond motifs is 1. The maximum Gasteiger partial charge on any atom is 0.229 e. The van der Waals surface area contributed by atoms with Gasteiger partial charge >= 0.3 is 0 Å². The highest BCUT2D eigenvalue weighted by Crippen LogP contribution is 2.23. The summed E-state index contributed by atoms with van der Waals surface area (Å²) in [6.07, 6.45) is 4.35. The van der Waals surface area contributed by atoms with E-state index in [2.05, 4.69) is 10.3 Å². The number of piperidine rings is 1. The molecular weight excluding hydrogens is 302 g/mol. The number of pyridine rings is 1. The predicted molar refractivity (Wildman–Crippen MR) is 94.8 cm³/mol. The van der Waals surface area contributed by atoms with Gasteiger partial charge in [-0.2, -0.15) is 0 Å². The third kappa shape index (κ3) is 3.55. The van der Waals surface area contributed by atoms with E-state index in [1.165, 1.54) is 0 Å². The number of benzene rings is 1. The molecule has 2 aromatic rings. The van der Waals surface area contributed by atoms with Crippen LogP contribution in [0.4, 0.5) is 5.69 Å². The largest absolute Gasteiger partial charge is 0.353 e. The number of hydrogen-bond donors (Lipinski definition) is 1. The summed E-state index contributed by atoms with van der Waals surface area (Å²) in [4.78, 5) is 30.6. The molecule has 1 aliphatic rings. The van der Waals surface area contributed by atoms with Gasteiger partial charge in [-0.25, -0.2) is 0 Å². The Hall–Kier alpha value is -2.43. The molecule has 5 heteroatoms. The van der Waals surface area contributed by atoms with Crippen LogP contribution in [-0.2, 0) is 9.59 Å². The van der Waals surface area contributed by atoms with Crippen LogP contribution < -0.4 is 10.2 Å². The molecule has 0 radical (unpaired) electrons. The van der Waals surface area contributed by atoms with Crippen molar-refractivity contribution in [3.05, 3.63) is 36.5 Å². The van der Waals surface area contributed by atoms with Gasteiger partial charge in [-0.1, -0.05) is 18.2 Å². The Labute approximate surface area is 142 Å². The number of rotatable bonds is 4. The van der Waals surface area contributed by atoms with E-state index in [9.17, 15) is 9.59 Å². The lowest BCUT2D eigenvalue weighted by Gasteiger charge is -2.30. The summed E-state index contributed by atoms with van der Waals surface area (Å²) < 4.78 is 0. The molecular formula is C19H23N3O2. The third-order valence-corrected chi connectivity index (χ3v) is 4.38. The Kier molecular flexibility index (Phi) is 4.79. The number of carbonyl (C=O) groups is 2. The van der Waals surface area contributed by atoms with Crippen LogP contribution in [0.2, 0.25) is 0 Å². The second kappa shape index (κ2) is 6.99. The fourth-order valence-electron chi connectivity index (χ4n) is 3.26. The zero-order valence-corrected chi connectivity index (χ0v) is 14.2. The normalized spacial score (nSPS) is 17.8. The number of nitrogens with zero attached hydrogens (tertiary/aromatic N) is 2. The predicted octanol–water partition coefficient (Wildman–Crippen LogP) is 3.04. The van der Waals surface area contributed by atoms with E-state index >= 15 is 0 Å². The first-order chi connectivity index (χ1) is 11.5. The Morgan fingerprint density at radius 2 is 2.17 bits per heavy atom. The molecule has 126 valence electrons. The number of amides is 2. The van der Waals surface area contributed by atoms with Gasteiger partial charge in [0, 0.05) is 30.3 Å². The van der Waals surface area contributed by atoms with Crippen molar-refractivity contribution in [2.75, 3.05) is 4.90 Å². The lowest BCUT2D eigenvalue weighted by Crippen LogP contribution is -2.45. The summed E-state index contributed by atoms with van der Waals surface area (Å²) in [5.74, 6) is 0.0665. The van der Waals surface area contributed by atoms with Crippen molar-refractivity contribution in [1.82, 2.24) is 10.3 Å². The Balaban J connectivity index is 1.82. The fourth-order valence-corrected chi connectivity index (χ4v) is 3.26. The molecule has 2 heterocycles. The number of anilines is 1. The van der Waals surface area contributed by atoms with Gasteiger partial charge in [0.15, 0.2) is 0 Å². The zero-order chi connectivity index (χ0) is 17.1.